The molecule has 0 aromatic heterocycles. The van der Waals surface area contributed by atoms with Gasteiger partial charge in [-0.3, -0.25) is 9.59 Å². The van der Waals surface area contributed by atoms with Crippen LogP contribution in [0.15, 0.2) is 0 Å². The lowest BCUT2D eigenvalue weighted by molar-refractivity contribution is -0.160. The van der Waals surface area contributed by atoms with Gasteiger partial charge in [0.1, 0.15) is 5.78 Å². The minimum atomic E-state index is -0.214. The van der Waals surface area contributed by atoms with E-state index in [4.69, 9.17) is 4.74 Å². The maximum absolute atomic E-state index is 13.7. The van der Waals surface area contributed by atoms with Gasteiger partial charge in [-0.15, -0.1) is 0 Å². The maximum Gasteiger partial charge on any atom is 0.305 e. The van der Waals surface area contributed by atoms with E-state index in [9.17, 15) is 14.7 Å². The molecule has 0 bridgehead atoms. The molecule has 0 radical (unpaired) electrons. The van der Waals surface area contributed by atoms with Crippen molar-refractivity contribution in [3.63, 3.8) is 0 Å². The molecule has 4 nitrogen and oxygen atoms in total. The molecule has 9 atom stereocenters. The molecule has 29 heavy (non-hydrogen) atoms. The van der Waals surface area contributed by atoms with Gasteiger partial charge in [0.2, 0.25) is 0 Å². The summed E-state index contributed by atoms with van der Waals surface area (Å²) in [5, 5.41) is 10.2. The molecule has 0 heterocycles. The van der Waals surface area contributed by atoms with E-state index in [0.29, 0.717) is 47.7 Å². The minimum absolute atomic E-state index is 0.138. The number of carbonyl (C=O) groups is 2. The number of rotatable bonds is 4. The normalized spacial score (nSPS) is 47.7. The number of carbonyl (C=O) groups excluding carboxylic acids is 2. The Hall–Kier alpha value is -0.900. The Morgan fingerprint density at radius 2 is 1.93 bits per heavy atom. The van der Waals surface area contributed by atoms with Gasteiger partial charge in [-0.1, -0.05) is 20.8 Å². The van der Waals surface area contributed by atoms with Crippen LogP contribution < -0.4 is 0 Å². The summed E-state index contributed by atoms with van der Waals surface area (Å²) in [7, 11) is 1.45. The monoisotopic (exact) mass is 404 g/mol. The predicted octanol–water partition coefficient (Wildman–Crippen LogP) is 4.77. The van der Waals surface area contributed by atoms with Crippen molar-refractivity contribution in [2.24, 2.45) is 46.3 Å². The summed E-state index contributed by atoms with van der Waals surface area (Å²) in [6.45, 7) is 6.94. The van der Waals surface area contributed by atoms with Gasteiger partial charge in [0.15, 0.2) is 0 Å². The number of Topliss-reactive ketones (excluding diaryl/α,β-unsaturated/α-hetero) is 1. The fraction of sp³-hybridized carbons (Fsp3) is 0.920. The SMILES string of the molecule is COC(=O)CC[C@@H](C)[C@@H]1CC[C@@H]2[C@@H]3CC[C@@H]4C[C@H](O)CC[C@]4(C)[C@H]3CC(=O)[C@]21C. The van der Waals surface area contributed by atoms with Crippen molar-refractivity contribution in [1.82, 2.24) is 0 Å². The maximum atomic E-state index is 13.7. The Kier molecular flexibility index (Phi) is 5.63. The highest BCUT2D eigenvalue weighted by molar-refractivity contribution is 5.87. The largest absolute Gasteiger partial charge is 0.469 e. The zero-order chi connectivity index (χ0) is 21.0. The molecular weight excluding hydrogens is 364 g/mol. The zero-order valence-electron chi connectivity index (χ0n) is 18.8. The van der Waals surface area contributed by atoms with E-state index in [2.05, 4.69) is 20.8 Å². The van der Waals surface area contributed by atoms with Crippen LogP contribution in [-0.2, 0) is 14.3 Å². The predicted molar refractivity (Wildman–Crippen MR) is 112 cm³/mol. The van der Waals surface area contributed by atoms with Crippen molar-refractivity contribution in [2.45, 2.75) is 91.1 Å². The van der Waals surface area contributed by atoms with Crippen LogP contribution in [0.25, 0.3) is 0 Å². The fourth-order valence-corrected chi connectivity index (χ4v) is 8.53. The molecular formula is C25H40O4. The van der Waals surface area contributed by atoms with Crippen LogP contribution in [-0.4, -0.2) is 30.1 Å². The topological polar surface area (TPSA) is 63.6 Å². The van der Waals surface area contributed by atoms with Crippen molar-refractivity contribution in [3.05, 3.63) is 0 Å². The molecule has 0 spiro atoms. The first-order chi connectivity index (χ1) is 13.7. The third-order valence-electron chi connectivity index (χ3n) is 10.3. The van der Waals surface area contributed by atoms with Crippen LogP contribution in [0.5, 0.6) is 0 Å². The van der Waals surface area contributed by atoms with Crippen LogP contribution in [0.1, 0.15) is 85.0 Å². The molecule has 0 saturated heterocycles. The van der Waals surface area contributed by atoms with E-state index in [1.807, 2.05) is 0 Å². The third kappa shape index (κ3) is 3.28. The Balaban J connectivity index is 1.54. The molecule has 1 N–H and O–H groups in total. The Morgan fingerprint density at radius 3 is 2.66 bits per heavy atom. The van der Waals surface area contributed by atoms with Gasteiger partial charge in [-0.2, -0.15) is 0 Å². The molecule has 4 aliphatic rings. The molecule has 0 aliphatic heterocycles. The zero-order valence-corrected chi connectivity index (χ0v) is 18.8. The molecule has 0 aromatic carbocycles. The lowest BCUT2D eigenvalue weighted by Crippen LogP contribution is -2.57. The number of hydrogen-bond acceptors (Lipinski definition) is 4. The highest BCUT2D eigenvalue weighted by atomic mass is 16.5. The summed E-state index contributed by atoms with van der Waals surface area (Å²) < 4.78 is 4.83. The van der Waals surface area contributed by atoms with Crippen molar-refractivity contribution < 1.29 is 19.4 Å². The van der Waals surface area contributed by atoms with E-state index < -0.39 is 0 Å². The van der Waals surface area contributed by atoms with Gasteiger partial charge in [0, 0.05) is 18.3 Å². The lowest BCUT2D eigenvalue weighted by atomic mass is 9.44. The van der Waals surface area contributed by atoms with Gasteiger partial charge in [-0.25, -0.2) is 0 Å². The number of methoxy groups -OCH3 is 1. The summed E-state index contributed by atoms with van der Waals surface area (Å²) >= 11 is 0. The molecule has 0 amide bonds. The molecule has 0 aromatic rings. The minimum Gasteiger partial charge on any atom is -0.469 e. The van der Waals surface area contributed by atoms with Crippen LogP contribution in [0.3, 0.4) is 0 Å². The van der Waals surface area contributed by atoms with Crippen LogP contribution >= 0.6 is 0 Å². The van der Waals surface area contributed by atoms with Crippen molar-refractivity contribution >= 4 is 11.8 Å². The number of aliphatic hydroxyl groups is 1. The van der Waals surface area contributed by atoms with Crippen LogP contribution in [0.2, 0.25) is 0 Å². The number of ether oxygens (including phenoxy) is 1. The smallest absolute Gasteiger partial charge is 0.305 e. The number of hydrogen-bond donors (Lipinski definition) is 1. The second-order valence-corrected chi connectivity index (χ2v) is 11.3. The Morgan fingerprint density at radius 1 is 1.17 bits per heavy atom. The van der Waals surface area contributed by atoms with E-state index >= 15 is 0 Å². The first kappa shape index (κ1) is 21.3. The molecule has 4 aliphatic carbocycles. The van der Waals surface area contributed by atoms with E-state index in [1.54, 1.807) is 0 Å². The number of aliphatic hydroxyl groups excluding tert-OH is 1. The standard InChI is InChI=1S/C25H40O4/c1-15(5-10-23(28)29-4)19-8-9-20-18-7-6-16-13-17(26)11-12-24(16,2)21(18)14-22(27)25(19,20)3/h15-21,26H,5-14H2,1-4H3/t15-,16-,17-,18+,19+,20-,21+,24+,25+/m1/s1. The summed E-state index contributed by atoms with van der Waals surface area (Å²) in [5.41, 5.74) is 0.0157. The summed E-state index contributed by atoms with van der Waals surface area (Å²) in [5.74, 6) is 3.37. The number of ketones is 1. The fourth-order valence-electron chi connectivity index (χ4n) is 8.53. The van der Waals surface area contributed by atoms with Crippen LogP contribution in [0, 0.1) is 46.3 Å². The summed E-state index contributed by atoms with van der Waals surface area (Å²) in [4.78, 5) is 25.3. The van der Waals surface area contributed by atoms with Gasteiger partial charge >= 0.3 is 5.97 Å². The van der Waals surface area contributed by atoms with Gasteiger partial charge in [0.25, 0.3) is 0 Å². The molecule has 4 saturated carbocycles. The van der Waals surface area contributed by atoms with Crippen molar-refractivity contribution in [3.8, 4) is 0 Å². The van der Waals surface area contributed by atoms with Gasteiger partial charge in [0.05, 0.1) is 13.2 Å². The average molecular weight is 405 g/mol. The highest BCUT2D eigenvalue weighted by Crippen LogP contribution is 2.67. The van der Waals surface area contributed by atoms with E-state index in [0.717, 1.165) is 38.5 Å². The lowest BCUT2D eigenvalue weighted by Gasteiger charge is -2.60. The Labute approximate surface area is 176 Å². The van der Waals surface area contributed by atoms with E-state index in [1.165, 1.54) is 26.4 Å². The Bertz CT molecular complexity index is 659. The summed E-state index contributed by atoms with van der Waals surface area (Å²) in [6.07, 6.45) is 9.53. The van der Waals surface area contributed by atoms with Gasteiger partial charge < -0.3 is 9.84 Å². The second kappa shape index (κ2) is 7.66. The molecule has 164 valence electrons. The quantitative estimate of drug-likeness (QED) is 0.685. The first-order valence-electron chi connectivity index (χ1n) is 12.0. The third-order valence-corrected chi connectivity index (χ3v) is 10.3. The van der Waals surface area contributed by atoms with Crippen LogP contribution in [0.4, 0.5) is 0 Å². The molecule has 4 rings (SSSR count). The van der Waals surface area contributed by atoms with E-state index in [-0.39, 0.29) is 22.9 Å². The molecule has 0 unspecified atom stereocenters. The molecule has 4 heteroatoms. The second-order valence-electron chi connectivity index (χ2n) is 11.3. The highest BCUT2D eigenvalue weighted by Gasteiger charge is 2.63. The first-order valence-corrected chi connectivity index (χ1v) is 12.0. The number of fused-ring (bicyclic) bond motifs is 5. The van der Waals surface area contributed by atoms with Gasteiger partial charge in [-0.05, 0) is 92.3 Å². The molecule has 4 fully saturated rings. The van der Waals surface area contributed by atoms with Crippen molar-refractivity contribution in [1.29, 1.82) is 0 Å². The average Bonchev–Trinajstić information content (AvgIpc) is 3.06. The van der Waals surface area contributed by atoms with Crippen molar-refractivity contribution in [2.75, 3.05) is 7.11 Å². The summed E-state index contributed by atoms with van der Waals surface area (Å²) in [6, 6.07) is 0. The number of esters is 1.